The van der Waals surface area contributed by atoms with Crippen LogP contribution < -0.4 is 0 Å². The van der Waals surface area contributed by atoms with Gasteiger partial charge in [0.15, 0.2) is 5.17 Å². The first-order chi connectivity index (χ1) is 12.0. The standard InChI is InChI=1S/C19H23ClN2O3/c1-13(25-12-15-6-4-3-5-7-15)16-11-22(14(2)23)17(18(20)21-24)10-19(16)8-9-19/h3-7,16-17,24H,1,8-12H2,2H3/b21-18-/t16-,17+/m1/s1. The predicted octanol–water partition coefficient (Wildman–Crippen LogP) is 3.76. The molecule has 0 aromatic heterocycles. The molecule has 1 aromatic carbocycles. The van der Waals surface area contributed by atoms with Crippen molar-refractivity contribution in [3.05, 3.63) is 48.2 Å². The summed E-state index contributed by atoms with van der Waals surface area (Å²) in [6, 6.07) is 9.57. The van der Waals surface area contributed by atoms with Gasteiger partial charge in [-0.25, -0.2) is 0 Å². The first-order valence-electron chi connectivity index (χ1n) is 8.47. The van der Waals surface area contributed by atoms with Crippen molar-refractivity contribution in [1.29, 1.82) is 0 Å². The van der Waals surface area contributed by atoms with E-state index < -0.39 is 0 Å². The van der Waals surface area contributed by atoms with Crippen LogP contribution in [0.2, 0.25) is 0 Å². The fraction of sp³-hybridized carbons (Fsp3) is 0.474. The lowest BCUT2D eigenvalue weighted by molar-refractivity contribution is -0.133. The van der Waals surface area contributed by atoms with Crippen molar-refractivity contribution in [2.24, 2.45) is 16.5 Å². The maximum Gasteiger partial charge on any atom is 0.220 e. The minimum Gasteiger partial charge on any atom is -0.493 e. The molecule has 134 valence electrons. The Kier molecular flexibility index (Phi) is 5.04. The number of ether oxygens (including phenoxy) is 1. The van der Waals surface area contributed by atoms with E-state index in [1.54, 1.807) is 4.90 Å². The van der Waals surface area contributed by atoms with Crippen LogP contribution in [0.25, 0.3) is 0 Å². The lowest BCUT2D eigenvalue weighted by Gasteiger charge is -2.44. The largest absolute Gasteiger partial charge is 0.493 e. The number of hydrogen-bond donors (Lipinski definition) is 1. The van der Waals surface area contributed by atoms with Gasteiger partial charge in [0.25, 0.3) is 0 Å². The van der Waals surface area contributed by atoms with Crippen LogP contribution in [0.15, 0.2) is 47.8 Å². The summed E-state index contributed by atoms with van der Waals surface area (Å²) in [5, 5.41) is 12.2. The molecule has 2 aliphatic rings. The highest BCUT2D eigenvalue weighted by Gasteiger charge is 2.57. The molecule has 1 saturated heterocycles. The Morgan fingerprint density at radius 3 is 2.68 bits per heavy atom. The number of nitrogens with zero attached hydrogens (tertiary/aromatic N) is 2. The molecule has 1 aromatic rings. The summed E-state index contributed by atoms with van der Waals surface area (Å²) in [7, 11) is 0. The molecule has 1 heterocycles. The Bertz CT molecular complexity index is 685. The van der Waals surface area contributed by atoms with Crippen molar-refractivity contribution in [3.8, 4) is 0 Å². The summed E-state index contributed by atoms with van der Waals surface area (Å²) in [4.78, 5) is 13.7. The average Bonchev–Trinajstić information content (AvgIpc) is 3.39. The number of carbonyl (C=O) groups is 1. The fourth-order valence-corrected chi connectivity index (χ4v) is 3.98. The van der Waals surface area contributed by atoms with Gasteiger partial charge in [0.05, 0.1) is 11.8 Å². The molecular formula is C19H23ClN2O3. The average molecular weight is 363 g/mol. The molecule has 25 heavy (non-hydrogen) atoms. The molecule has 0 bridgehead atoms. The number of oxime groups is 1. The Hall–Kier alpha value is -2.01. The van der Waals surface area contributed by atoms with Gasteiger partial charge in [0, 0.05) is 19.4 Å². The summed E-state index contributed by atoms with van der Waals surface area (Å²) >= 11 is 6.06. The molecule has 0 radical (unpaired) electrons. The van der Waals surface area contributed by atoms with Crippen LogP contribution in [0.1, 0.15) is 31.7 Å². The summed E-state index contributed by atoms with van der Waals surface area (Å²) in [5.74, 6) is 0.686. The zero-order valence-electron chi connectivity index (χ0n) is 14.3. The monoisotopic (exact) mass is 362 g/mol. The smallest absolute Gasteiger partial charge is 0.220 e. The van der Waals surface area contributed by atoms with Crippen LogP contribution in [0.5, 0.6) is 0 Å². The fourth-order valence-electron chi connectivity index (χ4n) is 3.79. The van der Waals surface area contributed by atoms with Crippen LogP contribution in [0, 0.1) is 11.3 Å². The SMILES string of the molecule is C=C(OCc1ccccc1)[C@H]1CN(C(C)=O)[C@H](/C(Cl)=N/O)CC12CC2. The molecular weight excluding hydrogens is 340 g/mol. The molecule has 1 saturated carbocycles. The summed E-state index contributed by atoms with van der Waals surface area (Å²) in [6.45, 7) is 6.60. The number of piperidine rings is 1. The van der Waals surface area contributed by atoms with Gasteiger partial charge >= 0.3 is 0 Å². The maximum absolute atomic E-state index is 12.1. The molecule has 2 atom stereocenters. The van der Waals surface area contributed by atoms with E-state index in [-0.39, 0.29) is 28.5 Å². The van der Waals surface area contributed by atoms with E-state index in [4.69, 9.17) is 21.5 Å². The van der Waals surface area contributed by atoms with E-state index in [9.17, 15) is 4.79 Å². The topological polar surface area (TPSA) is 62.1 Å². The molecule has 6 heteroatoms. The first kappa shape index (κ1) is 17.8. The highest BCUT2D eigenvalue weighted by Crippen LogP contribution is 2.60. The Morgan fingerprint density at radius 2 is 2.12 bits per heavy atom. The lowest BCUT2D eigenvalue weighted by Crippen LogP contribution is -2.53. The second-order valence-electron chi connectivity index (χ2n) is 6.97. The number of halogens is 1. The van der Waals surface area contributed by atoms with E-state index in [1.807, 2.05) is 30.3 Å². The highest BCUT2D eigenvalue weighted by atomic mass is 35.5. The summed E-state index contributed by atoms with van der Waals surface area (Å²) < 4.78 is 5.95. The number of likely N-dealkylation sites (tertiary alicyclic amines) is 1. The number of carbonyl (C=O) groups excluding carboxylic acids is 1. The lowest BCUT2D eigenvalue weighted by atomic mass is 9.78. The molecule has 1 spiro atoms. The van der Waals surface area contributed by atoms with Gasteiger partial charge in [-0.2, -0.15) is 0 Å². The third-order valence-electron chi connectivity index (χ3n) is 5.42. The minimum absolute atomic E-state index is 0.0369. The molecule has 5 nitrogen and oxygen atoms in total. The quantitative estimate of drug-likeness (QED) is 0.375. The third-order valence-corrected chi connectivity index (χ3v) is 5.74. The van der Waals surface area contributed by atoms with Gasteiger partial charge < -0.3 is 14.8 Å². The second-order valence-corrected chi connectivity index (χ2v) is 7.36. The molecule has 2 fully saturated rings. The van der Waals surface area contributed by atoms with Gasteiger partial charge in [-0.3, -0.25) is 4.79 Å². The normalized spacial score (nSPS) is 24.9. The van der Waals surface area contributed by atoms with Gasteiger partial charge in [-0.15, -0.1) is 0 Å². The zero-order chi connectivity index (χ0) is 18.0. The number of benzene rings is 1. The van der Waals surface area contributed by atoms with Crippen LogP contribution in [0.4, 0.5) is 0 Å². The van der Waals surface area contributed by atoms with E-state index in [1.165, 1.54) is 6.92 Å². The van der Waals surface area contributed by atoms with Gasteiger partial charge in [0.1, 0.15) is 6.61 Å². The summed E-state index contributed by atoms with van der Waals surface area (Å²) in [6.07, 6.45) is 2.76. The number of hydrogen-bond acceptors (Lipinski definition) is 4. The predicted molar refractivity (Wildman–Crippen MR) is 96.4 cm³/mol. The van der Waals surface area contributed by atoms with Crippen LogP contribution in [-0.2, 0) is 16.1 Å². The Labute approximate surface area is 152 Å². The van der Waals surface area contributed by atoms with Crippen molar-refractivity contribution < 1.29 is 14.7 Å². The van der Waals surface area contributed by atoms with Gasteiger partial charge in [-0.1, -0.05) is 53.7 Å². The van der Waals surface area contributed by atoms with Crippen molar-refractivity contribution in [2.75, 3.05) is 6.54 Å². The third kappa shape index (κ3) is 3.66. The summed E-state index contributed by atoms with van der Waals surface area (Å²) in [5.41, 5.74) is 1.12. The van der Waals surface area contributed by atoms with E-state index >= 15 is 0 Å². The molecule has 1 N–H and O–H groups in total. The van der Waals surface area contributed by atoms with Gasteiger partial charge in [0.2, 0.25) is 5.91 Å². The van der Waals surface area contributed by atoms with Crippen molar-refractivity contribution in [1.82, 2.24) is 4.90 Å². The molecule has 1 amide bonds. The number of amides is 1. The number of rotatable bonds is 5. The van der Waals surface area contributed by atoms with Gasteiger partial charge in [-0.05, 0) is 30.2 Å². The maximum atomic E-state index is 12.1. The van der Waals surface area contributed by atoms with Crippen molar-refractivity contribution in [2.45, 2.75) is 38.8 Å². The van der Waals surface area contributed by atoms with Crippen LogP contribution >= 0.6 is 11.6 Å². The molecule has 3 rings (SSSR count). The second kappa shape index (κ2) is 7.08. The van der Waals surface area contributed by atoms with Crippen molar-refractivity contribution in [3.63, 3.8) is 0 Å². The molecule has 1 aliphatic carbocycles. The van der Waals surface area contributed by atoms with E-state index in [0.29, 0.717) is 25.3 Å². The Balaban J connectivity index is 1.73. The first-order valence-corrected chi connectivity index (χ1v) is 8.85. The van der Waals surface area contributed by atoms with Crippen LogP contribution in [0.3, 0.4) is 0 Å². The van der Waals surface area contributed by atoms with E-state index in [0.717, 1.165) is 18.4 Å². The minimum atomic E-state index is -0.371. The van der Waals surface area contributed by atoms with Crippen molar-refractivity contribution >= 4 is 22.7 Å². The molecule has 1 aliphatic heterocycles. The van der Waals surface area contributed by atoms with E-state index in [2.05, 4.69) is 11.7 Å². The zero-order valence-corrected chi connectivity index (χ0v) is 15.1. The highest BCUT2D eigenvalue weighted by molar-refractivity contribution is 6.66. The van der Waals surface area contributed by atoms with Crippen LogP contribution in [-0.4, -0.2) is 33.8 Å². The Morgan fingerprint density at radius 1 is 1.44 bits per heavy atom. The molecule has 0 unspecified atom stereocenters.